The summed E-state index contributed by atoms with van der Waals surface area (Å²) in [4.78, 5) is 26.1. The molecule has 27 heavy (non-hydrogen) atoms. The highest BCUT2D eigenvalue weighted by Gasteiger charge is 2.20. The van der Waals surface area contributed by atoms with E-state index in [1.54, 1.807) is 13.1 Å². The lowest BCUT2D eigenvalue weighted by atomic mass is 10.1. The molecule has 1 fully saturated rings. The average Bonchev–Trinajstić information content (AvgIpc) is 3.14. The van der Waals surface area contributed by atoms with Gasteiger partial charge in [-0.3, -0.25) is 14.3 Å². The summed E-state index contributed by atoms with van der Waals surface area (Å²) in [5.41, 5.74) is 2.20. The molecule has 1 unspecified atom stereocenters. The van der Waals surface area contributed by atoms with Crippen molar-refractivity contribution in [3.05, 3.63) is 47.8 Å². The normalized spacial score (nSPS) is 16.3. The van der Waals surface area contributed by atoms with Crippen LogP contribution in [-0.2, 0) is 4.79 Å². The lowest BCUT2D eigenvalue weighted by molar-refractivity contribution is -0.116. The molecule has 1 aliphatic rings. The minimum atomic E-state index is -0.258. The fourth-order valence-electron chi connectivity index (χ4n) is 3.03. The summed E-state index contributed by atoms with van der Waals surface area (Å²) in [6, 6.07) is 9.53. The Morgan fingerprint density at radius 2 is 2.04 bits per heavy atom. The van der Waals surface area contributed by atoms with Crippen LogP contribution < -0.4 is 10.6 Å². The summed E-state index contributed by atoms with van der Waals surface area (Å²) in [6.45, 7) is 3.86. The van der Waals surface area contributed by atoms with Crippen molar-refractivity contribution in [2.75, 3.05) is 32.0 Å². The van der Waals surface area contributed by atoms with E-state index in [-0.39, 0.29) is 36.8 Å². The molecule has 1 saturated heterocycles. The van der Waals surface area contributed by atoms with E-state index in [0.717, 1.165) is 37.2 Å². The predicted molar refractivity (Wildman–Crippen MR) is 107 cm³/mol. The summed E-state index contributed by atoms with van der Waals surface area (Å²) >= 11 is 0. The summed E-state index contributed by atoms with van der Waals surface area (Å²) < 4.78 is 1.85. The Hall–Kier alpha value is -2.38. The summed E-state index contributed by atoms with van der Waals surface area (Å²) in [6.07, 6.45) is 4.00. The fourth-order valence-corrected chi connectivity index (χ4v) is 3.03. The maximum Gasteiger partial charge on any atom is 0.274 e. The van der Waals surface area contributed by atoms with Gasteiger partial charge >= 0.3 is 0 Å². The standard InChI is InChI=1S/C19H25N5O2.ClH/c1-14-5-7-15(8-6-14)21-18(25)13-23(2)19(26)17-9-11-24(22-17)16-4-3-10-20-12-16;/h5-9,11,16,20H,3-4,10,12-13H2,1-2H3,(H,21,25);1H. The topological polar surface area (TPSA) is 79.3 Å². The van der Waals surface area contributed by atoms with Gasteiger partial charge in [-0.15, -0.1) is 12.4 Å². The molecule has 1 aromatic heterocycles. The molecule has 2 amide bonds. The number of likely N-dealkylation sites (N-methyl/N-ethyl adjacent to an activating group) is 1. The number of aromatic nitrogens is 2. The van der Waals surface area contributed by atoms with Crippen LogP contribution in [-0.4, -0.2) is 53.2 Å². The zero-order valence-electron chi connectivity index (χ0n) is 15.6. The first-order valence-electron chi connectivity index (χ1n) is 8.91. The van der Waals surface area contributed by atoms with Crippen molar-refractivity contribution >= 4 is 29.9 Å². The number of hydrogen-bond donors (Lipinski definition) is 2. The molecule has 8 heteroatoms. The second-order valence-electron chi connectivity index (χ2n) is 6.76. The minimum Gasteiger partial charge on any atom is -0.331 e. The molecule has 146 valence electrons. The number of halogens is 1. The van der Waals surface area contributed by atoms with Gasteiger partial charge in [0.1, 0.15) is 5.69 Å². The van der Waals surface area contributed by atoms with Crippen LogP contribution in [0.1, 0.15) is 34.9 Å². The van der Waals surface area contributed by atoms with Crippen LogP contribution in [0.25, 0.3) is 0 Å². The fraction of sp³-hybridized carbons (Fsp3) is 0.421. The van der Waals surface area contributed by atoms with Gasteiger partial charge in [0.25, 0.3) is 5.91 Å². The molecule has 1 atom stereocenters. The van der Waals surface area contributed by atoms with Crippen molar-refractivity contribution in [1.29, 1.82) is 0 Å². The Bertz CT molecular complexity index is 769. The molecule has 7 nitrogen and oxygen atoms in total. The molecule has 1 aliphatic heterocycles. The van der Waals surface area contributed by atoms with E-state index in [4.69, 9.17) is 0 Å². The SMILES string of the molecule is Cc1ccc(NC(=O)CN(C)C(=O)c2ccn(C3CCCNC3)n2)cc1.Cl. The third-order valence-corrected chi connectivity index (χ3v) is 4.54. The van der Waals surface area contributed by atoms with Crippen molar-refractivity contribution in [1.82, 2.24) is 20.0 Å². The van der Waals surface area contributed by atoms with Gasteiger partial charge in [-0.1, -0.05) is 17.7 Å². The Balaban J connectivity index is 0.00000261. The zero-order valence-corrected chi connectivity index (χ0v) is 16.5. The van der Waals surface area contributed by atoms with E-state index in [1.165, 1.54) is 4.90 Å². The number of carbonyl (C=O) groups is 2. The number of rotatable bonds is 5. The molecule has 2 aromatic rings. The number of amides is 2. The molecule has 2 N–H and O–H groups in total. The minimum absolute atomic E-state index is 0. The lowest BCUT2D eigenvalue weighted by Gasteiger charge is -2.23. The van der Waals surface area contributed by atoms with E-state index in [0.29, 0.717) is 5.69 Å². The maximum absolute atomic E-state index is 12.5. The number of nitrogens with zero attached hydrogens (tertiary/aromatic N) is 3. The summed E-state index contributed by atoms with van der Waals surface area (Å²) in [5, 5.41) is 10.5. The van der Waals surface area contributed by atoms with Crippen molar-refractivity contribution in [3.63, 3.8) is 0 Å². The van der Waals surface area contributed by atoms with E-state index in [2.05, 4.69) is 15.7 Å². The second-order valence-corrected chi connectivity index (χ2v) is 6.76. The lowest BCUT2D eigenvalue weighted by Crippen LogP contribution is -2.35. The molecule has 0 radical (unpaired) electrons. The van der Waals surface area contributed by atoms with Crippen LogP contribution in [0.4, 0.5) is 5.69 Å². The van der Waals surface area contributed by atoms with Gasteiger partial charge in [0.15, 0.2) is 0 Å². The van der Waals surface area contributed by atoms with E-state index in [9.17, 15) is 9.59 Å². The van der Waals surface area contributed by atoms with E-state index in [1.807, 2.05) is 42.1 Å². The molecular weight excluding hydrogens is 366 g/mol. The third kappa shape index (κ3) is 5.55. The molecule has 0 bridgehead atoms. The number of hydrogen-bond acceptors (Lipinski definition) is 4. The Kier molecular flexibility index (Phi) is 7.38. The highest BCUT2D eigenvalue weighted by molar-refractivity contribution is 5.98. The quantitative estimate of drug-likeness (QED) is 0.819. The summed E-state index contributed by atoms with van der Waals surface area (Å²) in [5.74, 6) is -0.493. The van der Waals surface area contributed by atoms with Crippen molar-refractivity contribution in [2.45, 2.75) is 25.8 Å². The number of aryl methyl sites for hydroxylation is 1. The van der Waals surface area contributed by atoms with Gasteiger partial charge in [0, 0.05) is 25.5 Å². The first-order valence-corrected chi connectivity index (χ1v) is 8.91. The van der Waals surface area contributed by atoms with Crippen LogP contribution in [0, 0.1) is 6.92 Å². The Labute approximate surface area is 165 Å². The van der Waals surface area contributed by atoms with Crippen molar-refractivity contribution in [3.8, 4) is 0 Å². The van der Waals surface area contributed by atoms with Gasteiger partial charge in [-0.25, -0.2) is 0 Å². The van der Waals surface area contributed by atoms with Gasteiger partial charge in [0.05, 0.1) is 12.6 Å². The molecule has 3 rings (SSSR count). The number of anilines is 1. The van der Waals surface area contributed by atoms with E-state index < -0.39 is 0 Å². The highest BCUT2D eigenvalue weighted by atomic mass is 35.5. The number of piperidine rings is 1. The first kappa shape index (κ1) is 20.9. The Morgan fingerprint density at radius 3 is 2.70 bits per heavy atom. The van der Waals surface area contributed by atoms with E-state index >= 15 is 0 Å². The van der Waals surface area contributed by atoms with Crippen LogP contribution >= 0.6 is 12.4 Å². The summed E-state index contributed by atoms with van der Waals surface area (Å²) in [7, 11) is 1.61. The van der Waals surface area contributed by atoms with Gasteiger partial charge in [0.2, 0.25) is 5.91 Å². The van der Waals surface area contributed by atoms with Gasteiger partial charge < -0.3 is 15.5 Å². The Morgan fingerprint density at radius 1 is 1.30 bits per heavy atom. The van der Waals surface area contributed by atoms with Crippen LogP contribution in [0.5, 0.6) is 0 Å². The number of carbonyl (C=O) groups excluding carboxylic acids is 2. The van der Waals surface area contributed by atoms with Crippen molar-refractivity contribution in [2.24, 2.45) is 0 Å². The van der Waals surface area contributed by atoms with Gasteiger partial charge in [-0.05, 0) is 44.5 Å². The molecule has 1 aromatic carbocycles. The smallest absolute Gasteiger partial charge is 0.274 e. The maximum atomic E-state index is 12.5. The van der Waals surface area contributed by atoms with Gasteiger partial charge in [-0.2, -0.15) is 5.10 Å². The molecule has 0 spiro atoms. The van der Waals surface area contributed by atoms with Crippen LogP contribution in [0.2, 0.25) is 0 Å². The molecular formula is C19H26ClN5O2. The second kappa shape index (κ2) is 9.53. The average molecular weight is 392 g/mol. The van der Waals surface area contributed by atoms with Crippen LogP contribution in [0.15, 0.2) is 36.5 Å². The van der Waals surface area contributed by atoms with Crippen molar-refractivity contribution < 1.29 is 9.59 Å². The monoisotopic (exact) mass is 391 g/mol. The third-order valence-electron chi connectivity index (χ3n) is 4.54. The first-order chi connectivity index (χ1) is 12.5. The molecule has 2 heterocycles. The number of nitrogens with one attached hydrogen (secondary N) is 2. The molecule has 0 aliphatic carbocycles. The highest BCUT2D eigenvalue weighted by Crippen LogP contribution is 2.16. The van der Waals surface area contributed by atoms with Crippen LogP contribution in [0.3, 0.4) is 0 Å². The molecule has 0 saturated carbocycles. The zero-order chi connectivity index (χ0) is 18.5. The number of benzene rings is 1. The largest absolute Gasteiger partial charge is 0.331 e. The predicted octanol–water partition coefficient (Wildman–Crippen LogP) is 2.25.